The summed E-state index contributed by atoms with van der Waals surface area (Å²) in [5, 5.41) is 0. The number of rotatable bonds is 6. The minimum atomic E-state index is -0.0835. The summed E-state index contributed by atoms with van der Waals surface area (Å²) in [7, 11) is 0. The summed E-state index contributed by atoms with van der Waals surface area (Å²) in [6.45, 7) is 9.25. The average molecular weight is 228 g/mol. The maximum Gasteiger partial charge on any atom is 0.0666 e. The Kier molecular flexibility index (Phi) is 4.38. The van der Waals surface area contributed by atoms with Gasteiger partial charge in [-0.1, -0.05) is 6.92 Å². The Morgan fingerprint density at radius 2 is 2.19 bits per heavy atom. The molecule has 0 aromatic heterocycles. The molecule has 16 heavy (non-hydrogen) atoms. The van der Waals surface area contributed by atoms with E-state index in [1.54, 1.807) is 0 Å². The van der Waals surface area contributed by atoms with Crippen molar-refractivity contribution in [3.8, 4) is 0 Å². The molecule has 1 rings (SSSR count). The van der Waals surface area contributed by atoms with Crippen LogP contribution in [0.1, 0.15) is 53.4 Å². The van der Waals surface area contributed by atoms with Gasteiger partial charge in [-0.25, -0.2) is 0 Å². The minimum Gasteiger partial charge on any atom is -0.375 e. The highest BCUT2D eigenvalue weighted by molar-refractivity contribution is 4.97. The smallest absolute Gasteiger partial charge is 0.0666 e. The molecule has 0 radical (unpaired) electrons. The molecule has 0 aromatic rings. The highest BCUT2D eigenvalue weighted by atomic mass is 16.5. The second-order valence-electron chi connectivity index (χ2n) is 6.04. The van der Waals surface area contributed by atoms with Crippen LogP contribution in [0, 0.1) is 5.92 Å². The molecule has 0 amide bonds. The second kappa shape index (κ2) is 5.03. The zero-order valence-electron chi connectivity index (χ0n) is 11.3. The Morgan fingerprint density at radius 1 is 1.56 bits per heavy atom. The lowest BCUT2D eigenvalue weighted by Crippen LogP contribution is -2.55. The predicted molar refractivity (Wildman–Crippen MR) is 68.2 cm³/mol. The molecule has 4 atom stereocenters. The van der Waals surface area contributed by atoms with Crippen LogP contribution in [0.5, 0.6) is 0 Å². The maximum absolute atomic E-state index is 6.13. The topological polar surface area (TPSA) is 61.3 Å². The van der Waals surface area contributed by atoms with Gasteiger partial charge in [-0.2, -0.15) is 0 Å². The summed E-state index contributed by atoms with van der Waals surface area (Å²) in [6.07, 6.45) is 4.24. The third-order valence-electron chi connectivity index (χ3n) is 4.10. The van der Waals surface area contributed by atoms with Crippen LogP contribution in [0.3, 0.4) is 0 Å². The molecular formula is C13H28N2O. The van der Waals surface area contributed by atoms with Crippen molar-refractivity contribution >= 4 is 0 Å². The summed E-state index contributed by atoms with van der Waals surface area (Å²) < 4.78 is 6.07. The molecule has 1 fully saturated rings. The van der Waals surface area contributed by atoms with Gasteiger partial charge in [0.1, 0.15) is 0 Å². The van der Waals surface area contributed by atoms with Crippen LogP contribution in [0.2, 0.25) is 0 Å². The van der Waals surface area contributed by atoms with E-state index >= 15 is 0 Å². The molecule has 3 nitrogen and oxygen atoms in total. The van der Waals surface area contributed by atoms with E-state index < -0.39 is 0 Å². The van der Waals surface area contributed by atoms with Crippen molar-refractivity contribution in [2.75, 3.05) is 6.61 Å². The molecule has 4 unspecified atom stereocenters. The van der Waals surface area contributed by atoms with Crippen molar-refractivity contribution in [2.45, 2.75) is 70.6 Å². The van der Waals surface area contributed by atoms with Crippen LogP contribution in [0.25, 0.3) is 0 Å². The van der Waals surface area contributed by atoms with Gasteiger partial charge in [-0.3, -0.25) is 0 Å². The van der Waals surface area contributed by atoms with E-state index in [1.165, 1.54) is 6.42 Å². The quantitative estimate of drug-likeness (QED) is 0.731. The molecule has 0 saturated heterocycles. The van der Waals surface area contributed by atoms with Crippen LogP contribution >= 0.6 is 0 Å². The average Bonchev–Trinajstić information content (AvgIpc) is 2.15. The van der Waals surface area contributed by atoms with Crippen molar-refractivity contribution in [2.24, 2.45) is 17.4 Å². The lowest BCUT2D eigenvalue weighted by molar-refractivity contribution is -0.0844. The van der Waals surface area contributed by atoms with Gasteiger partial charge < -0.3 is 16.2 Å². The third-order valence-corrected chi connectivity index (χ3v) is 4.10. The lowest BCUT2D eigenvalue weighted by atomic mass is 9.69. The van der Waals surface area contributed by atoms with Crippen LogP contribution in [0.4, 0.5) is 0 Å². The Morgan fingerprint density at radius 3 is 2.50 bits per heavy atom. The predicted octanol–water partition coefficient (Wildman–Crippen LogP) is 2.04. The first-order chi connectivity index (χ1) is 7.29. The van der Waals surface area contributed by atoms with Gasteiger partial charge in [0, 0.05) is 17.5 Å². The molecule has 0 aliphatic heterocycles. The molecule has 0 spiro atoms. The van der Waals surface area contributed by atoms with Gasteiger partial charge in [-0.05, 0) is 46.5 Å². The molecule has 1 aliphatic rings. The summed E-state index contributed by atoms with van der Waals surface area (Å²) in [5.74, 6) is 0.520. The monoisotopic (exact) mass is 228 g/mol. The van der Waals surface area contributed by atoms with E-state index in [9.17, 15) is 0 Å². The summed E-state index contributed by atoms with van der Waals surface area (Å²) >= 11 is 0. The van der Waals surface area contributed by atoms with Gasteiger partial charge in [-0.15, -0.1) is 0 Å². The molecule has 0 heterocycles. The fraction of sp³-hybridized carbons (Fsp3) is 1.00. The molecule has 1 aliphatic carbocycles. The minimum absolute atomic E-state index is 0.0109. The highest BCUT2D eigenvalue weighted by Crippen LogP contribution is 2.37. The fourth-order valence-corrected chi connectivity index (χ4v) is 2.37. The van der Waals surface area contributed by atoms with Crippen LogP contribution in [-0.4, -0.2) is 23.8 Å². The van der Waals surface area contributed by atoms with Crippen molar-refractivity contribution in [1.29, 1.82) is 0 Å². The van der Waals surface area contributed by atoms with Crippen molar-refractivity contribution in [1.82, 2.24) is 0 Å². The van der Waals surface area contributed by atoms with Crippen molar-refractivity contribution < 1.29 is 4.74 Å². The Labute approximate surface area is 99.9 Å². The summed E-state index contributed by atoms with van der Waals surface area (Å²) in [5.41, 5.74) is 11.9. The first kappa shape index (κ1) is 13.9. The van der Waals surface area contributed by atoms with E-state index in [4.69, 9.17) is 16.2 Å². The Hall–Kier alpha value is -0.120. The highest BCUT2D eigenvalue weighted by Gasteiger charge is 2.40. The largest absolute Gasteiger partial charge is 0.375 e. The molecular weight excluding hydrogens is 200 g/mol. The first-order valence-electron chi connectivity index (χ1n) is 6.47. The SMILES string of the molecule is CCC(C)(CC(C)N)OCC1CCC1(C)N. The third kappa shape index (κ3) is 3.44. The molecule has 4 N–H and O–H groups in total. The lowest BCUT2D eigenvalue weighted by Gasteiger charge is -2.45. The Bertz CT molecular complexity index is 228. The van der Waals surface area contributed by atoms with E-state index in [2.05, 4.69) is 20.8 Å². The number of nitrogens with two attached hydrogens (primary N) is 2. The number of hydrogen-bond donors (Lipinski definition) is 2. The molecule has 1 saturated carbocycles. The maximum atomic E-state index is 6.13. The molecule has 0 aromatic carbocycles. The molecule has 0 bridgehead atoms. The second-order valence-corrected chi connectivity index (χ2v) is 6.04. The number of hydrogen-bond acceptors (Lipinski definition) is 3. The van der Waals surface area contributed by atoms with E-state index in [1.807, 2.05) is 6.92 Å². The van der Waals surface area contributed by atoms with Gasteiger partial charge >= 0.3 is 0 Å². The van der Waals surface area contributed by atoms with E-state index in [0.29, 0.717) is 5.92 Å². The van der Waals surface area contributed by atoms with E-state index in [-0.39, 0.29) is 17.2 Å². The molecule has 3 heteroatoms. The van der Waals surface area contributed by atoms with Gasteiger partial charge in [0.15, 0.2) is 0 Å². The summed E-state index contributed by atoms with van der Waals surface area (Å²) in [6, 6.07) is 0.190. The zero-order chi connectivity index (χ0) is 12.4. The first-order valence-corrected chi connectivity index (χ1v) is 6.47. The zero-order valence-corrected chi connectivity index (χ0v) is 11.3. The number of ether oxygens (including phenoxy) is 1. The molecule has 96 valence electrons. The van der Waals surface area contributed by atoms with Crippen molar-refractivity contribution in [3.05, 3.63) is 0 Å². The summed E-state index contributed by atoms with van der Waals surface area (Å²) in [4.78, 5) is 0. The van der Waals surface area contributed by atoms with Crippen LogP contribution in [0.15, 0.2) is 0 Å². The van der Waals surface area contributed by atoms with Gasteiger partial charge in [0.2, 0.25) is 0 Å². The van der Waals surface area contributed by atoms with E-state index in [0.717, 1.165) is 25.9 Å². The fourth-order valence-electron chi connectivity index (χ4n) is 2.37. The van der Waals surface area contributed by atoms with Crippen LogP contribution < -0.4 is 11.5 Å². The Balaban J connectivity index is 2.39. The standard InChI is InChI=1S/C13H28N2O/c1-5-12(3,8-10(2)14)16-9-11-6-7-13(11,4)15/h10-11H,5-9,14-15H2,1-4H3. The van der Waals surface area contributed by atoms with Crippen molar-refractivity contribution in [3.63, 3.8) is 0 Å². The normalized spacial score (nSPS) is 35.2. The van der Waals surface area contributed by atoms with Gasteiger partial charge in [0.25, 0.3) is 0 Å². The van der Waals surface area contributed by atoms with Gasteiger partial charge in [0.05, 0.1) is 12.2 Å². The van der Waals surface area contributed by atoms with Crippen LogP contribution in [-0.2, 0) is 4.74 Å².